The molecule has 1 amide bonds. The van der Waals surface area contributed by atoms with E-state index in [4.69, 9.17) is 21.1 Å². The molecule has 1 fully saturated rings. The summed E-state index contributed by atoms with van der Waals surface area (Å²) in [6.07, 6.45) is 2.22. The highest BCUT2D eigenvalue weighted by molar-refractivity contribution is 6.32. The van der Waals surface area contributed by atoms with E-state index >= 15 is 0 Å². The van der Waals surface area contributed by atoms with E-state index in [1.165, 1.54) is 12.1 Å². The first-order chi connectivity index (χ1) is 12.6. The first-order valence-corrected chi connectivity index (χ1v) is 9.09. The van der Waals surface area contributed by atoms with Gasteiger partial charge in [0, 0.05) is 6.54 Å². The van der Waals surface area contributed by atoms with E-state index < -0.39 is 5.41 Å². The van der Waals surface area contributed by atoms with E-state index in [-0.39, 0.29) is 11.7 Å². The molecule has 2 aromatic rings. The van der Waals surface area contributed by atoms with Gasteiger partial charge in [-0.2, -0.15) is 0 Å². The lowest BCUT2D eigenvalue weighted by atomic mass is 9.95. The molecule has 0 spiro atoms. The standard InChI is InChI=1S/C20H19ClFNO3/c21-16-11-13(12-17-18(16)26-10-9-25-17)5-8-23-19(24)20(6-7-20)14-1-3-15(22)4-2-14/h1-4,11-12H,5-10H2,(H,23,24). The van der Waals surface area contributed by atoms with Crippen LogP contribution in [0.4, 0.5) is 4.39 Å². The Kier molecular flexibility index (Phi) is 4.49. The van der Waals surface area contributed by atoms with Crippen molar-refractivity contribution in [3.63, 3.8) is 0 Å². The molecule has 1 aliphatic heterocycles. The Balaban J connectivity index is 1.38. The lowest BCUT2D eigenvalue weighted by molar-refractivity contribution is -0.123. The quantitative estimate of drug-likeness (QED) is 0.868. The van der Waals surface area contributed by atoms with Gasteiger partial charge >= 0.3 is 0 Å². The second kappa shape index (κ2) is 6.80. The summed E-state index contributed by atoms with van der Waals surface area (Å²) in [4.78, 5) is 12.6. The molecule has 2 aromatic carbocycles. The number of hydrogen-bond acceptors (Lipinski definition) is 3. The third kappa shape index (κ3) is 3.23. The fourth-order valence-electron chi connectivity index (χ4n) is 3.34. The molecule has 0 bridgehead atoms. The van der Waals surface area contributed by atoms with E-state index in [1.54, 1.807) is 12.1 Å². The van der Waals surface area contributed by atoms with Crippen LogP contribution in [0.15, 0.2) is 36.4 Å². The predicted octanol–water partition coefficient (Wildman–Crippen LogP) is 3.64. The number of amides is 1. The molecule has 4 nitrogen and oxygen atoms in total. The van der Waals surface area contributed by atoms with Crippen LogP contribution in [0.1, 0.15) is 24.0 Å². The van der Waals surface area contributed by atoms with Crippen LogP contribution in [0.2, 0.25) is 5.02 Å². The summed E-state index contributed by atoms with van der Waals surface area (Å²) in [6.45, 7) is 1.50. The normalized spacial score (nSPS) is 16.8. The fourth-order valence-corrected chi connectivity index (χ4v) is 3.63. The maximum absolute atomic E-state index is 13.1. The van der Waals surface area contributed by atoms with Crippen molar-refractivity contribution < 1.29 is 18.7 Å². The average Bonchev–Trinajstić information content (AvgIpc) is 3.44. The van der Waals surface area contributed by atoms with Crippen molar-refractivity contribution in [3.8, 4) is 11.5 Å². The van der Waals surface area contributed by atoms with E-state index in [9.17, 15) is 9.18 Å². The highest BCUT2D eigenvalue weighted by Crippen LogP contribution is 2.48. The van der Waals surface area contributed by atoms with Gasteiger partial charge in [-0.1, -0.05) is 23.7 Å². The Hall–Kier alpha value is -2.27. The topological polar surface area (TPSA) is 47.6 Å². The SMILES string of the molecule is O=C(NCCc1cc(Cl)c2c(c1)OCCO2)C1(c2ccc(F)cc2)CC1. The number of halogens is 2. The minimum atomic E-state index is -0.502. The molecule has 2 aliphatic rings. The van der Waals surface area contributed by atoms with Crippen LogP contribution >= 0.6 is 11.6 Å². The number of benzene rings is 2. The lowest BCUT2D eigenvalue weighted by Gasteiger charge is -2.20. The van der Waals surface area contributed by atoms with Crippen molar-refractivity contribution >= 4 is 17.5 Å². The van der Waals surface area contributed by atoms with Crippen molar-refractivity contribution in [2.45, 2.75) is 24.7 Å². The van der Waals surface area contributed by atoms with Crippen LogP contribution in [0.25, 0.3) is 0 Å². The summed E-state index contributed by atoms with van der Waals surface area (Å²) in [7, 11) is 0. The van der Waals surface area contributed by atoms with Gasteiger partial charge in [-0.25, -0.2) is 4.39 Å². The second-order valence-electron chi connectivity index (χ2n) is 6.70. The summed E-state index contributed by atoms with van der Waals surface area (Å²) in [6, 6.07) is 9.94. The largest absolute Gasteiger partial charge is 0.486 e. The molecule has 1 aliphatic carbocycles. The monoisotopic (exact) mass is 375 g/mol. The maximum Gasteiger partial charge on any atom is 0.230 e. The summed E-state index contributed by atoms with van der Waals surface area (Å²) in [5.74, 6) is 0.933. The van der Waals surface area contributed by atoms with E-state index in [1.807, 2.05) is 12.1 Å². The van der Waals surface area contributed by atoms with E-state index in [0.717, 1.165) is 24.0 Å². The minimum Gasteiger partial charge on any atom is -0.486 e. The molecular formula is C20H19ClFNO3. The summed E-state index contributed by atoms with van der Waals surface area (Å²) in [5.41, 5.74) is 1.35. The smallest absolute Gasteiger partial charge is 0.230 e. The first-order valence-electron chi connectivity index (χ1n) is 8.71. The molecule has 0 radical (unpaired) electrons. The van der Waals surface area contributed by atoms with Gasteiger partial charge in [-0.15, -0.1) is 0 Å². The predicted molar refractivity (Wildman–Crippen MR) is 96.5 cm³/mol. The van der Waals surface area contributed by atoms with Gasteiger partial charge in [0.2, 0.25) is 5.91 Å². The Bertz CT molecular complexity index is 834. The minimum absolute atomic E-state index is 0.00671. The Labute approximate surface area is 156 Å². The number of carbonyl (C=O) groups excluding carboxylic acids is 1. The van der Waals surface area contributed by atoms with Crippen molar-refractivity contribution in [2.75, 3.05) is 19.8 Å². The third-order valence-corrected chi connectivity index (χ3v) is 5.22. The van der Waals surface area contributed by atoms with Crippen LogP contribution in [0, 0.1) is 5.82 Å². The molecule has 0 aromatic heterocycles. The van der Waals surface area contributed by atoms with Crippen molar-refractivity contribution in [1.82, 2.24) is 5.32 Å². The zero-order valence-electron chi connectivity index (χ0n) is 14.2. The molecule has 0 unspecified atom stereocenters. The van der Waals surface area contributed by atoms with Gasteiger partial charge in [-0.3, -0.25) is 4.79 Å². The van der Waals surface area contributed by atoms with Crippen molar-refractivity contribution in [2.24, 2.45) is 0 Å². The molecule has 1 heterocycles. The molecule has 1 saturated carbocycles. The van der Waals surface area contributed by atoms with Gasteiger partial charge < -0.3 is 14.8 Å². The molecule has 136 valence electrons. The van der Waals surface area contributed by atoms with Crippen LogP contribution in [-0.4, -0.2) is 25.7 Å². The van der Waals surface area contributed by atoms with Gasteiger partial charge in [0.1, 0.15) is 19.0 Å². The van der Waals surface area contributed by atoms with Gasteiger partial charge in [-0.05, 0) is 54.7 Å². The van der Waals surface area contributed by atoms with Gasteiger partial charge in [0.25, 0.3) is 0 Å². The first kappa shape index (κ1) is 17.2. The Morgan fingerprint density at radius 1 is 1.15 bits per heavy atom. The van der Waals surface area contributed by atoms with Gasteiger partial charge in [0.15, 0.2) is 11.5 Å². The van der Waals surface area contributed by atoms with Gasteiger partial charge in [0.05, 0.1) is 10.4 Å². The molecule has 6 heteroatoms. The summed E-state index contributed by atoms with van der Waals surface area (Å²) >= 11 is 6.24. The number of rotatable bonds is 5. The van der Waals surface area contributed by atoms with Crippen LogP contribution in [0.3, 0.4) is 0 Å². The molecule has 4 rings (SSSR count). The number of ether oxygens (including phenoxy) is 2. The van der Waals surface area contributed by atoms with E-state index in [0.29, 0.717) is 42.7 Å². The highest BCUT2D eigenvalue weighted by Gasteiger charge is 2.50. The molecule has 1 N–H and O–H groups in total. The third-order valence-electron chi connectivity index (χ3n) is 4.94. The summed E-state index contributed by atoms with van der Waals surface area (Å²) < 4.78 is 24.2. The zero-order chi connectivity index (χ0) is 18.1. The Morgan fingerprint density at radius 3 is 2.62 bits per heavy atom. The maximum atomic E-state index is 13.1. The van der Waals surface area contributed by atoms with Crippen LogP contribution in [-0.2, 0) is 16.6 Å². The zero-order valence-corrected chi connectivity index (χ0v) is 14.9. The van der Waals surface area contributed by atoms with E-state index in [2.05, 4.69) is 5.32 Å². The van der Waals surface area contributed by atoms with Crippen LogP contribution < -0.4 is 14.8 Å². The second-order valence-corrected chi connectivity index (χ2v) is 7.10. The number of carbonyl (C=O) groups is 1. The fraction of sp³-hybridized carbons (Fsp3) is 0.350. The molecule has 0 atom stereocenters. The molecular weight excluding hydrogens is 357 g/mol. The van der Waals surface area contributed by atoms with Crippen molar-refractivity contribution in [3.05, 3.63) is 58.4 Å². The summed E-state index contributed by atoms with van der Waals surface area (Å²) in [5, 5.41) is 3.52. The highest BCUT2D eigenvalue weighted by atomic mass is 35.5. The molecule has 26 heavy (non-hydrogen) atoms. The average molecular weight is 376 g/mol. The molecule has 0 saturated heterocycles. The lowest BCUT2D eigenvalue weighted by Crippen LogP contribution is -2.36. The number of fused-ring (bicyclic) bond motifs is 1. The Morgan fingerprint density at radius 2 is 1.88 bits per heavy atom. The van der Waals surface area contributed by atoms with Crippen molar-refractivity contribution in [1.29, 1.82) is 0 Å². The number of nitrogens with one attached hydrogen (secondary N) is 1. The number of hydrogen-bond donors (Lipinski definition) is 1. The van der Waals surface area contributed by atoms with Crippen LogP contribution in [0.5, 0.6) is 11.5 Å².